The summed E-state index contributed by atoms with van der Waals surface area (Å²) in [5, 5.41) is 8.30. The first-order valence-corrected chi connectivity index (χ1v) is 14.6. The number of carboxylic acids is 1. The molecule has 0 aromatic heterocycles. The van der Waals surface area contributed by atoms with Crippen molar-refractivity contribution >= 4 is 31.1 Å². The molecule has 2 nitrogen and oxygen atoms in total. The van der Waals surface area contributed by atoms with Crippen LogP contribution in [-0.2, 0) is 4.79 Å². The molecule has 0 unspecified atom stereocenters. The fourth-order valence-electron chi connectivity index (χ4n) is 0.880. The van der Waals surface area contributed by atoms with Crippen LogP contribution in [-0.4, -0.2) is 17.2 Å². The average Bonchev–Trinajstić information content (AvgIpc) is 1.87. The fourth-order valence-corrected chi connectivity index (χ4v) is 9.15. The zero-order valence-electron chi connectivity index (χ0n) is 6.60. The van der Waals surface area contributed by atoms with Gasteiger partial charge in [-0.1, -0.05) is 0 Å². The Bertz CT molecular complexity index is 96.9. The van der Waals surface area contributed by atoms with Crippen LogP contribution in [0.15, 0.2) is 0 Å². The van der Waals surface area contributed by atoms with Gasteiger partial charge in [0.1, 0.15) is 0 Å². The Kier molecular flexibility index (Phi) is 8.46. The quantitative estimate of drug-likeness (QED) is 0.510. The van der Waals surface area contributed by atoms with Crippen LogP contribution >= 0.6 is 25.2 Å². The molecule has 0 aliphatic heterocycles. The van der Waals surface area contributed by atoms with Crippen molar-refractivity contribution in [1.29, 1.82) is 0 Å². The van der Waals surface area contributed by atoms with E-state index in [-0.39, 0.29) is 0 Å². The van der Waals surface area contributed by atoms with E-state index in [9.17, 15) is 4.79 Å². The molecule has 0 aliphatic rings. The van der Waals surface area contributed by atoms with E-state index in [2.05, 4.69) is 0 Å². The van der Waals surface area contributed by atoms with Gasteiger partial charge in [-0.15, -0.1) is 0 Å². The van der Waals surface area contributed by atoms with Crippen molar-refractivity contribution in [3.05, 3.63) is 0 Å². The molecule has 0 rings (SSSR count). The fraction of sp³-hybridized carbons (Fsp3) is 0.800. The molecule has 66 valence electrons. The summed E-state index contributed by atoms with van der Waals surface area (Å²) in [5.41, 5.74) is 0. The Hall–Kier alpha value is 0.760. The second-order valence-corrected chi connectivity index (χ2v) is 19.1. The summed E-state index contributed by atoms with van der Waals surface area (Å²) < 4.78 is 0. The maximum atomic E-state index is 10.1. The zero-order valence-corrected chi connectivity index (χ0v) is 11.4. The topological polar surface area (TPSA) is 37.3 Å². The van der Waals surface area contributed by atoms with Gasteiger partial charge in [0.15, 0.2) is 0 Å². The SMILES string of the molecule is O=C(O)CCCC[PH3][PH3][PH4]. The minimum absolute atomic E-state index is 0.385. The Morgan fingerprint density at radius 1 is 1.50 bits per heavy atom. The van der Waals surface area contributed by atoms with Gasteiger partial charge in [-0.2, -0.15) is 0 Å². The first-order valence-electron chi connectivity index (χ1n) is 3.99. The summed E-state index contributed by atoms with van der Waals surface area (Å²) in [6, 6.07) is 0. The van der Waals surface area contributed by atoms with E-state index >= 15 is 0 Å². The van der Waals surface area contributed by atoms with Crippen LogP contribution in [0.5, 0.6) is 0 Å². The van der Waals surface area contributed by atoms with Gasteiger partial charge < -0.3 is 0 Å². The molecule has 0 saturated carbocycles. The maximum absolute atomic E-state index is 10.1. The third-order valence-corrected chi connectivity index (χ3v) is 13.2. The van der Waals surface area contributed by atoms with Gasteiger partial charge in [0, 0.05) is 0 Å². The number of hydrogen-bond acceptors (Lipinski definition) is 1. The molecule has 0 amide bonds. The van der Waals surface area contributed by atoms with Crippen molar-refractivity contribution in [3.63, 3.8) is 0 Å². The third-order valence-electron chi connectivity index (χ3n) is 1.49. The average molecular weight is 204 g/mol. The van der Waals surface area contributed by atoms with Gasteiger partial charge in [0.25, 0.3) is 0 Å². The van der Waals surface area contributed by atoms with E-state index in [1.54, 1.807) is 0 Å². The molecule has 0 aromatic rings. The van der Waals surface area contributed by atoms with Crippen LogP contribution in [0, 0.1) is 0 Å². The van der Waals surface area contributed by atoms with Crippen molar-refractivity contribution < 1.29 is 9.90 Å². The third kappa shape index (κ3) is 8.76. The van der Waals surface area contributed by atoms with Crippen LogP contribution in [0.25, 0.3) is 0 Å². The normalized spacial score (nSPS) is 10.6. The van der Waals surface area contributed by atoms with Crippen molar-refractivity contribution in [1.82, 2.24) is 0 Å². The molecule has 0 bridgehead atoms. The molecule has 0 atom stereocenters. The molecule has 0 heterocycles. The van der Waals surface area contributed by atoms with Crippen molar-refractivity contribution in [2.75, 3.05) is 6.16 Å². The Labute approximate surface area is 67.1 Å². The van der Waals surface area contributed by atoms with E-state index in [0.717, 1.165) is 6.42 Å². The summed E-state index contributed by atoms with van der Waals surface area (Å²) in [5.74, 6) is -0.634. The van der Waals surface area contributed by atoms with Gasteiger partial charge in [-0.25, -0.2) is 0 Å². The molecule has 0 saturated heterocycles. The summed E-state index contributed by atoms with van der Waals surface area (Å²) >= 11 is 0. The first-order chi connectivity index (χ1) is 4.77. The predicted octanol–water partition coefficient (Wildman–Crippen LogP) is 0.697. The summed E-state index contributed by atoms with van der Waals surface area (Å²) in [6.07, 6.45) is 3.91. The van der Waals surface area contributed by atoms with Crippen molar-refractivity contribution in [2.24, 2.45) is 0 Å². The molecule has 10 heavy (non-hydrogen) atoms. The van der Waals surface area contributed by atoms with Crippen molar-refractivity contribution in [3.8, 4) is 0 Å². The van der Waals surface area contributed by atoms with Crippen LogP contribution in [0.3, 0.4) is 0 Å². The summed E-state index contributed by atoms with van der Waals surface area (Å²) in [6.45, 7) is 0. The molecule has 5 heteroatoms. The van der Waals surface area contributed by atoms with E-state index in [0.29, 0.717) is 22.6 Å². The van der Waals surface area contributed by atoms with Crippen LogP contribution in [0.2, 0.25) is 0 Å². The monoisotopic (exact) mass is 204 g/mol. The Balaban J connectivity index is 2.84. The molecule has 0 aromatic carbocycles. The number of carboxylic acid groups (broad SMARTS) is 1. The standard InChI is InChI=1S/C5H19O2P3/c6-5(7)3-1-2-4-9-10-8/h1-4H2,9-10H3,8H4,(H,6,7). The number of unbranched alkanes of at least 4 members (excludes halogenated alkanes) is 1. The number of carbonyl (C=O) groups is 1. The van der Waals surface area contributed by atoms with Gasteiger partial charge in [-0.3, -0.25) is 0 Å². The van der Waals surface area contributed by atoms with Gasteiger partial charge in [0.05, 0.1) is 0 Å². The first kappa shape index (κ1) is 10.8. The van der Waals surface area contributed by atoms with Gasteiger partial charge in [0.2, 0.25) is 0 Å². The second-order valence-electron chi connectivity index (χ2n) is 2.56. The van der Waals surface area contributed by atoms with Gasteiger partial charge >= 0.3 is 66.5 Å². The van der Waals surface area contributed by atoms with Crippen LogP contribution in [0.1, 0.15) is 19.3 Å². The van der Waals surface area contributed by atoms with Crippen LogP contribution in [0.4, 0.5) is 0 Å². The molecular weight excluding hydrogens is 185 g/mol. The Morgan fingerprint density at radius 2 is 2.20 bits per heavy atom. The van der Waals surface area contributed by atoms with E-state index in [1.807, 2.05) is 0 Å². The number of aliphatic carboxylic acids is 1. The second kappa shape index (κ2) is 7.86. The predicted molar refractivity (Wildman–Crippen MR) is 61.1 cm³/mol. The summed E-state index contributed by atoms with van der Waals surface area (Å²) in [4.78, 5) is 10.1. The van der Waals surface area contributed by atoms with Crippen molar-refractivity contribution in [2.45, 2.75) is 19.3 Å². The Morgan fingerprint density at radius 3 is 2.70 bits per heavy atom. The number of hydrogen-bond donors (Lipinski definition) is 1. The van der Waals surface area contributed by atoms with Crippen LogP contribution < -0.4 is 0 Å². The van der Waals surface area contributed by atoms with Gasteiger partial charge in [-0.05, 0) is 0 Å². The molecular formula is C5H19O2P3. The zero-order chi connectivity index (χ0) is 7.82. The van der Waals surface area contributed by atoms with E-state index < -0.39 is 5.97 Å². The molecule has 0 fully saturated rings. The molecule has 0 spiro atoms. The molecule has 0 aliphatic carbocycles. The molecule has 0 radical (unpaired) electrons. The van der Waals surface area contributed by atoms with E-state index in [4.69, 9.17) is 5.11 Å². The van der Waals surface area contributed by atoms with E-state index in [1.165, 1.54) is 21.5 Å². The molecule has 1 N–H and O–H groups in total. The summed E-state index contributed by atoms with van der Waals surface area (Å²) in [7, 11) is 2.37. The minimum atomic E-state index is -0.634. The number of rotatable bonds is 6.